The van der Waals surface area contributed by atoms with Crippen LogP contribution in [0.5, 0.6) is 11.5 Å². The van der Waals surface area contributed by atoms with Gasteiger partial charge in [0.1, 0.15) is 11.5 Å². The number of ether oxygens (including phenoxy) is 2. The molecule has 1 heterocycles. The first kappa shape index (κ1) is 11.7. The highest BCUT2D eigenvalue weighted by Gasteiger charge is 2.14. The van der Waals surface area contributed by atoms with Gasteiger partial charge in [0.25, 0.3) is 0 Å². The highest BCUT2D eigenvalue weighted by atomic mass is 35.5. The van der Waals surface area contributed by atoms with Gasteiger partial charge in [-0.3, -0.25) is 0 Å². The maximum atomic E-state index is 6.04. The minimum atomic E-state index is 0.381. The van der Waals surface area contributed by atoms with E-state index in [1.807, 2.05) is 18.2 Å². The molecule has 0 saturated heterocycles. The Labute approximate surface area is 104 Å². The smallest absolute Gasteiger partial charge is 0.168 e. The van der Waals surface area contributed by atoms with Crippen LogP contribution in [-0.4, -0.2) is 24.2 Å². The lowest BCUT2D eigenvalue weighted by Gasteiger charge is -2.12. The van der Waals surface area contributed by atoms with Gasteiger partial charge in [-0.1, -0.05) is 23.7 Å². The highest BCUT2D eigenvalue weighted by molar-refractivity contribution is 6.32. The second-order valence-electron chi connectivity index (χ2n) is 3.27. The normalized spacial score (nSPS) is 10.1. The predicted octanol–water partition coefficient (Wildman–Crippen LogP) is 2.81. The molecular formula is C12H11ClN2O2. The van der Waals surface area contributed by atoms with Crippen LogP contribution in [-0.2, 0) is 0 Å². The van der Waals surface area contributed by atoms with E-state index in [-0.39, 0.29) is 0 Å². The first-order valence-electron chi connectivity index (χ1n) is 4.94. The molecule has 0 saturated carbocycles. The van der Waals surface area contributed by atoms with Crippen molar-refractivity contribution in [3.05, 3.63) is 35.9 Å². The number of hydrogen-bond acceptors (Lipinski definition) is 4. The van der Waals surface area contributed by atoms with E-state index in [0.29, 0.717) is 22.2 Å². The third-order valence-electron chi connectivity index (χ3n) is 2.36. The maximum absolute atomic E-state index is 6.04. The molecule has 0 unspecified atom stereocenters. The molecule has 0 radical (unpaired) electrons. The van der Waals surface area contributed by atoms with Crippen molar-refractivity contribution in [2.75, 3.05) is 14.2 Å². The van der Waals surface area contributed by atoms with Crippen LogP contribution >= 0.6 is 11.6 Å². The van der Waals surface area contributed by atoms with E-state index in [0.717, 1.165) is 5.56 Å². The van der Waals surface area contributed by atoms with Gasteiger partial charge >= 0.3 is 0 Å². The summed E-state index contributed by atoms with van der Waals surface area (Å²) in [5.41, 5.74) is 1.52. The van der Waals surface area contributed by atoms with Crippen molar-refractivity contribution < 1.29 is 9.47 Å². The number of benzene rings is 1. The summed E-state index contributed by atoms with van der Waals surface area (Å²) in [6.45, 7) is 0. The van der Waals surface area contributed by atoms with Crippen LogP contribution in [0.15, 0.2) is 30.7 Å². The molecule has 0 atom stereocenters. The number of rotatable bonds is 3. The summed E-state index contributed by atoms with van der Waals surface area (Å²) in [7, 11) is 3.17. The molecule has 0 aliphatic heterocycles. The van der Waals surface area contributed by atoms with Gasteiger partial charge in [0.05, 0.1) is 14.2 Å². The van der Waals surface area contributed by atoms with Crippen LogP contribution < -0.4 is 9.47 Å². The number of hydrogen-bond donors (Lipinski definition) is 0. The number of halogens is 1. The van der Waals surface area contributed by atoms with Gasteiger partial charge in [0.2, 0.25) is 0 Å². The summed E-state index contributed by atoms with van der Waals surface area (Å²) in [4.78, 5) is 7.91. The molecule has 0 amide bonds. The van der Waals surface area contributed by atoms with Gasteiger partial charge in [0, 0.05) is 17.3 Å². The second kappa shape index (κ2) is 5.01. The van der Waals surface area contributed by atoms with Crippen LogP contribution in [0.4, 0.5) is 0 Å². The van der Waals surface area contributed by atoms with E-state index in [1.165, 1.54) is 6.33 Å². The quantitative estimate of drug-likeness (QED) is 0.786. The summed E-state index contributed by atoms with van der Waals surface area (Å²) in [5.74, 6) is 1.26. The van der Waals surface area contributed by atoms with E-state index in [1.54, 1.807) is 20.4 Å². The summed E-state index contributed by atoms with van der Waals surface area (Å²) in [5, 5.41) is 0.381. The Morgan fingerprint density at radius 3 is 2.59 bits per heavy atom. The Kier molecular flexibility index (Phi) is 3.44. The monoisotopic (exact) mass is 250 g/mol. The van der Waals surface area contributed by atoms with Gasteiger partial charge in [-0.15, -0.1) is 0 Å². The van der Waals surface area contributed by atoms with Gasteiger partial charge < -0.3 is 9.47 Å². The zero-order valence-electron chi connectivity index (χ0n) is 9.48. The zero-order chi connectivity index (χ0) is 12.3. The minimum Gasteiger partial charge on any atom is -0.493 e. The molecule has 4 nitrogen and oxygen atoms in total. The van der Waals surface area contributed by atoms with Crippen LogP contribution in [0.2, 0.25) is 5.15 Å². The fourth-order valence-electron chi connectivity index (χ4n) is 1.59. The topological polar surface area (TPSA) is 44.2 Å². The van der Waals surface area contributed by atoms with E-state index in [4.69, 9.17) is 21.1 Å². The van der Waals surface area contributed by atoms with Gasteiger partial charge in [-0.2, -0.15) is 0 Å². The Morgan fingerprint density at radius 1 is 1.12 bits per heavy atom. The predicted molar refractivity (Wildman–Crippen MR) is 65.6 cm³/mol. The second-order valence-corrected chi connectivity index (χ2v) is 3.63. The first-order valence-corrected chi connectivity index (χ1v) is 5.32. The lowest BCUT2D eigenvalue weighted by molar-refractivity contribution is 0.356. The molecule has 0 bridgehead atoms. The van der Waals surface area contributed by atoms with Crippen molar-refractivity contribution in [3.8, 4) is 22.6 Å². The summed E-state index contributed by atoms with van der Waals surface area (Å²) in [6, 6.07) is 5.56. The molecule has 1 aromatic carbocycles. The van der Waals surface area contributed by atoms with Gasteiger partial charge in [-0.25, -0.2) is 9.97 Å². The van der Waals surface area contributed by atoms with Crippen molar-refractivity contribution in [3.63, 3.8) is 0 Å². The largest absolute Gasteiger partial charge is 0.493 e. The van der Waals surface area contributed by atoms with E-state index >= 15 is 0 Å². The third kappa shape index (κ3) is 2.17. The average molecular weight is 251 g/mol. The van der Waals surface area contributed by atoms with E-state index < -0.39 is 0 Å². The number of aromatic nitrogens is 2. The van der Waals surface area contributed by atoms with Gasteiger partial charge in [0.15, 0.2) is 11.5 Å². The Balaban J connectivity index is 2.63. The zero-order valence-corrected chi connectivity index (χ0v) is 10.2. The molecule has 0 aliphatic rings. The van der Waals surface area contributed by atoms with E-state index in [2.05, 4.69) is 9.97 Å². The standard InChI is InChI=1S/C12H11ClN2O2/c1-16-10-5-3-4-8(11(10)17-2)9-6-14-7-15-12(9)13/h3-7H,1-2H3. The molecule has 0 aliphatic carbocycles. The molecule has 0 spiro atoms. The van der Waals surface area contributed by atoms with Crippen molar-refractivity contribution >= 4 is 11.6 Å². The van der Waals surface area contributed by atoms with Crippen LogP contribution in [0, 0.1) is 0 Å². The van der Waals surface area contributed by atoms with Crippen molar-refractivity contribution in [1.29, 1.82) is 0 Å². The molecule has 5 heteroatoms. The molecule has 2 aromatic rings. The number of para-hydroxylation sites is 1. The molecule has 1 aromatic heterocycles. The number of methoxy groups -OCH3 is 2. The molecular weight excluding hydrogens is 240 g/mol. The van der Waals surface area contributed by atoms with Crippen LogP contribution in [0.1, 0.15) is 0 Å². The summed E-state index contributed by atoms with van der Waals surface area (Å²) < 4.78 is 10.6. The van der Waals surface area contributed by atoms with Gasteiger partial charge in [-0.05, 0) is 6.07 Å². The maximum Gasteiger partial charge on any atom is 0.168 e. The Hall–Kier alpha value is -1.81. The van der Waals surface area contributed by atoms with Crippen molar-refractivity contribution in [2.24, 2.45) is 0 Å². The summed E-state index contributed by atoms with van der Waals surface area (Å²) in [6.07, 6.45) is 3.05. The third-order valence-corrected chi connectivity index (χ3v) is 2.66. The molecule has 88 valence electrons. The molecule has 17 heavy (non-hydrogen) atoms. The summed E-state index contributed by atoms with van der Waals surface area (Å²) >= 11 is 6.04. The first-order chi connectivity index (χ1) is 8.27. The highest BCUT2D eigenvalue weighted by Crippen LogP contribution is 2.39. The van der Waals surface area contributed by atoms with Crippen LogP contribution in [0.3, 0.4) is 0 Å². The fourth-order valence-corrected chi connectivity index (χ4v) is 1.79. The number of nitrogens with zero attached hydrogens (tertiary/aromatic N) is 2. The van der Waals surface area contributed by atoms with Crippen LogP contribution in [0.25, 0.3) is 11.1 Å². The van der Waals surface area contributed by atoms with Crippen molar-refractivity contribution in [2.45, 2.75) is 0 Å². The molecule has 0 N–H and O–H groups in total. The lowest BCUT2D eigenvalue weighted by Crippen LogP contribution is -1.94. The minimum absolute atomic E-state index is 0.381. The Morgan fingerprint density at radius 2 is 1.94 bits per heavy atom. The fraction of sp³-hybridized carbons (Fsp3) is 0.167. The Bertz CT molecular complexity index is 532. The average Bonchev–Trinajstić information content (AvgIpc) is 2.38. The van der Waals surface area contributed by atoms with Crippen molar-refractivity contribution in [1.82, 2.24) is 9.97 Å². The lowest BCUT2D eigenvalue weighted by atomic mass is 10.1. The van der Waals surface area contributed by atoms with E-state index in [9.17, 15) is 0 Å². The SMILES string of the molecule is COc1cccc(-c2cncnc2Cl)c1OC. The molecule has 2 rings (SSSR count). The molecule has 0 fully saturated rings.